The van der Waals surface area contributed by atoms with Gasteiger partial charge in [0, 0.05) is 11.8 Å². The molecule has 0 fully saturated rings. The lowest BCUT2D eigenvalue weighted by molar-refractivity contribution is 0.281. The SMILES string of the molecule is CNC(C)(C)c1nc(-c2cnc3ccsc3c2)no1. The Hall–Kier alpha value is -1.79. The molecule has 1 N–H and O–H groups in total. The zero-order valence-corrected chi connectivity index (χ0v) is 11.8. The minimum absolute atomic E-state index is 0.342. The molecular weight excluding hydrogens is 260 g/mol. The van der Waals surface area contributed by atoms with Crippen molar-refractivity contribution in [1.82, 2.24) is 20.4 Å². The van der Waals surface area contributed by atoms with Crippen LogP contribution in [-0.2, 0) is 5.54 Å². The van der Waals surface area contributed by atoms with Crippen molar-refractivity contribution < 1.29 is 4.52 Å². The summed E-state index contributed by atoms with van der Waals surface area (Å²) in [5.74, 6) is 1.14. The van der Waals surface area contributed by atoms with Crippen molar-refractivity contribution in [1.29, 1.82) is 0 Å². The molecule has 19 heavy (non-hydrogen) atoms. The Labute approximate surface area is 114 Å². The van der Waals surface area contributed by atoms with Crippen molar-refractivity contribution in [3.05, 3.63) is 29.6 Å². The third kappa shape index (κ3) is 2.13. The van der Waals surface area contributed by atoms with Gasteiger partial charge in [-0.25, -0.2) is 0 Å². The van der Waals surface area contributed by atoms with E-state index in [4.69, 9.17) is 4.52 Å². The van der Waals surface area contributed by atoms with Crippen LogP contribution in [0.2, 0.25) is 0 Å². The van der Waals surface area contributed by atoms with Crippen LogP contribution in [0.5, 0.6) is 0 Å². The number of nitrogens with zero attached hydrogens (tertiary/aromatic N) is 3. The molecule has 98 valence electrons. The van der Waals surface area contributed by atoms with Crippen LogP contribution in [0.25, 0.3) is 21.6 Å². The fraction of sp³-hybridized carbons (Fsp3) is 0.308. The van der Waals surface area contributed by atoms with E-state index >= 15 is 0 Å². The highest BCUT2D eigenvalue weighted by molar-refractivity contribution is 7.17. The van der Waals surface area contributed by atoms with Gasteiger partial charge in [0.05, 0.1) is 15.8 Å². The van der Waals surface area contributed by atoms with Gasteiger partial charge in [0.25, 0.3) is 0 Å². The number of hydrogen-bond donors (Lipinski definition) is 1. The van der Waals surface area contributed by atoms with Gasteiger partial charge in [-0.1, -0.05) is 5.16 Å². The number of pyridine rings is 1. The molecule has 0 atom stereocenters. The summed E-state index contributed by atoms with van der Waals surface area (Å²) in [6.45, 7) is 3.98. The van der Waals surface area contributed by atoms with Crippen LogP contribution >= 0.6 is 11.3 Å². The van der Waals surface area contributed by atoms with E-state index in [0.29, 0.717) is 11.7 Å². The van der Waals surface area contributed by atoms with E-state index in [1.54, 1.807) is 17.5 Å². The molecule has 6 heteroatoms. The molecule has 3 aromatic heterocycles. The highest BCUT2D eigenvalue weighted by Crippen LogP contribution is 2.26. The summed E-state index contributed by atoms with van der Waals surface area (Å²) in [4.78, 5) is 8.82. The van der Waals surface area contributed by atoms with Crippen LogP contribution in [-0.4, -0.2) is 22.2 Å². The van der Waals surface area contributed by atoms with E-state index in [9.17, 15) is 0 Å². The van der Waals surface area contributed by atoms with E-state index in [1.165, 1.54) is 0 Å². The number of rotatable bonds is 3. The first-order valence-corrected chi connectivity index (χ1v) is 6.85. The first-order chi connectivity index (χ1) is 9.10. The van der Waals surface area contributed by atoms with Crippen LogP contribution in [0.1, 0.15) is 19.7 Å². The summed E-state index contributed by atoms with van der Waals surface area (Å²) in [5, 5.41) is 9.19. The number of nitrogens with one attached hydrogen (secondary N) is 1. The lowest BCUT2D eigenvalue weighted by Crippen LogP contribution is -2.33. The Kier molecular flexibility index (Phi) is 2.83. The van der Waals surface area contributed by atoms with Crippen molar-refractivity contribution in [3.63, 3.8) is 0 Å². The molecule has 0 spiro atoms. The lowest BCUT2D eigenvalue weighted by Gasteiger charge is -2.17. The predicted octanol–water partition coefficient (Wildman–Crippen LogP) is 2.80. The molecule has 5 nitrogen and oxygen atoms in total. The molecule has 0 aromatic carbocycles. The topological polar surface area (TPSA) is 63.8 Å². The molecule has 0 saturated heterocycles. The van der Waals surface area contributed by atoms with Crippen LogP contribution < -0.4 is 5.32 Å². The number of fused-ring (bicyclic) bond motifs is 1. The Bertz CT molecular complexity index is 716. The largest absolute Gasteiger partial charge is 0.337 e. The summed E-state index contributed by atoms with van der Waals surface area (Å²) >= 11 is 1.65. The lowest BCUT2D eigenvalue weighted by atomic mass is 10.1. The van der Waals surface area contributed by atoms with Crippen molar-refractivity contribution in [3.8, 4) is 11.4 Å². The standard InChI is InChI=1S/C13H14N4OS/c1-13(2,14-3)12-16-11(17-18-12)8-6-10-9(15-7-8)4-5-19-10/h4-7,14H,1-3H3. The second-order valence-corrected chi connectivity index (χ2v) is 5.77. The second kappa shape index (κ2) is 4.40. The normalized spacial score (nSPS) is 12.2. The fourth-order valence-corrected chi connectivity index (χ4v) is 2.45. The highest BCUT2D eigenvalue weighted by Gasteiger charge is 2.25. The Balaban J connectivity index is 2.02. The van der Waals surface area contributed by atoms with Gasteiger partial charge >= 0.3 is 0 Å². The van der Waals surface area contributed by atoms with Crippen LogP contribution in [0.15, 0.2) is 28.2 Å². The minimum Gasteiger partial charge on any atom is -0.337 e. The van der Waals surface area contributed by atoms with Gasteiger partial charge < -0.3 is 9.84 Å². The maximum Gasteiger partial charge on any atom is 0.246 e. The van der Waals surface area contributed by atoms with Gasteiger partial charge in [-0.2, -0.15) is 4.98 Å². The van der Waals surface area contributed by atoms with E-state index in [-0.39, 0.29) is 5.54 Å². The third-order valence-electron chi connectivity index (χ3n) is 3.15. The first kappa shape index (κ1) is 12.3. The molecule has 0 aliphatic rings. The number of aromatic nitrogens is 3. The predicted molar refractivity (Wildman–Crippen MR) is 75.0 cm³/mol. The third-order valence-corrected chi connectivity index (χ3v) is 4.00. The molecule has 3 aromatic rings. The van der Waals surface area contributed by atoms with Crippen LogP contribution in [0.4, 0.5) is 0 Å². The summed E-state index contributed by atoms with van der Waals surface area (Å²) in [7, 11) is 1.86. The van der Waals surface area contributed by atoms with Gasteiger partial charge in [0.2, 0.25) is 11.7 Å². The van der Waals surface area contributed by atoms with Gasteiger partial charge in [0.1, 0.15) is 0 Å². The summed E-state index contributed by atoms with van der Waals surface area (Å²) in [6.07, 6.45) is 1.77. The Morgan fingerprint density at radius 1 is 1.37 bits per heavy atom. The van der Waals surface area contributed by atoms with Crippen molar-refractivity contribution in [2.24, 2.45) is 0 Å². The van der Waals surface area contributed by atoms with E-state index < -0.39 is 0 Å². The highest BCUT2D eigenvalue weighted by atomic mass is 32.1. The van der Waals surface area contributed by atoms with E-state index in [1.807, 2.05) is 38.4 Å². The zero-order chi connectivity index (χ0) is 13.5. The molecule has 0 bridgehead atoms. The average Bonchev–Trinajstić information content (AvgIpc) is 3.06. The minimum atomic E-state index is -0.342. The first-order valence-electron chi connectivity index (χ1n) is 5.97. The fourth-order valence-electron chi connectivity index (χ4n) is 1.67. The monoisotopic (exact) mass is 274 g/mol. The van der Waals surface area contributed by atoms with Crippen LogP contribution in [0.3, 0.4) is 0 Å². The van der Waals surface area contributed by atoms with Gasteiger partial charge in [0.15, 0.2) is 0 Å². The molecule has 0 aliphatic heterocycles. The molecule has 3 rings (SSSR count). The Morgan fingerprint density at radius 2 is 2.21 bits per heavy atom. The molecule has 3 heterocycles. The van der Waals surface area contributed by atoms with Crippen LogP contribution in [0, 0.1) is 0 Å². The number of thiophene rings is 1. The van der Waals surface area contributed by atoms with Crippen molar-refractivity contribution in [2.45, 2.75) is 19.4 Å². The molecule has 0 saturated carbocycles. The maximum absolute atomic E-state index is 5.32. The second-order valence-electron chi connectivity index (χ2n) is 4.83. The smallest absolute Gasteiger partial charge is 0.246 e. The van der Waals surface area contributed by atoms with Gasteiger partial charge in [-0.15, -0.1) is 11.3 Å². The molecule has 0 amide bonds. The summed E-state index contributed by atoms with van der Waals surface area (Å²) in [6, 6.07) is 4.03. The molecule has 0 aliphatic carbocycles. The summed E-state index contributed by atoms with van der Waals surface area (Å²) in [5.41, 5.74) is 1.52. The quantitative estimate of drug-likeness (QED) is 0.795. The average molecular weight is 274 g/mol. The number of hydrogen-bond acceptors (Lipinski definition) is 6. The van der Waals surface area contributed by atoms with Gasteiger partial charge in [-0.3, -0.25) is 4.98 Å². The van der Waals surface area contributed by atoms with E-state index in [2.05, 4.69) is 20.4 Å². The molecule has 0 unspecified atom stereocenters. The maximum atomic E-state index is 5.32. The zero-order valence-electron chi connectivity index (χ0n) is 11.0. The molecule has 0 radical (unpaired) electrons. The molecular formula is C13H14N4OS. The van der Waals surface area contributed by atoms with Crippen molar-refractivity contribution >= 4 is 21.6 Å². The van der Waals surface area contributed by atoms with Crippen molar-refractivity contribution in [2.75, 3.05) is 7.05 Å². The van der Waals surface area contributed by atoms with Gasteiger partial charge in [-0.05, 0) is 38.4 Å². The summed E-state index contributed by atoms with van der Waals surface area (Å²) < 4.78 is 6.44. The Morgan fingerprint density at radius 3 is 3.00 bits per heavy atom. The van der Waals surface area contributed by atoms with E-state index in [0.717, 1.165) is 15.8 Å².